The zero-order valence-corrected chi connectivity index (χ0v) is 9.92. The Bertz CT molecular complexity index is 463. The largest absolute Gasteiger partial charge is 0.368 e. The van der Waals surface area contributed by atoms with Gasteiger partial charge in [0, 0.05) is 18.7 Å². The summed E-state index contributed by atoms with van der Waals surface area (Å²) >= 11 is 0. The van der Waals surface area contributed by atoms with E-state index < -0.39 is 10.8 Å². The summed E-state index contributed by atoms with van der Waals surface area (Å²) in [6, 6.07) is 0.998. The molecule has 0 spiro atoms. The molecule has 0 aliphatic rings. The maximum absolute atomic E-state index is 11.2. The lowest BCUT2D eigenvalue weighted by atomic mass is 10.2. The zero-order chi connectivity index (χ0) is 13.7. The average molecular weight is 253 g/mol. The first-order valence-electron chi connectivity index (χ1n) is 5.39. The summed E-state index contributed by atoms with van der Waals surface area (Å²) in [7, 11) is 0. The maximum Gasteiger partial charge on any atom is 0.288 e. The van der Waals surface area contributed by atoms with Crippen LogP contribution < -0.4 is 16.8 Å². The molecular weight excluding hydrogens is 238 g/mol. The second-order valence-corrected chi connectivity index (χ2v) is 3.76. The molecule has 1 aromatic heterocycles. The van der Waals surface area contributed by atoms with E-state index in [9.17, 15) is 14.9 Å². The zero-order valence-electron chi connectivity index (χ0n) is 9.92. The molecule has 0 radical (unpaired) electrons. The topological polar surface area (TPSA) is 137 Å². The van der Waals surface area contributed by atoms with Crippen LogP contribution in [0.3, 0.4) is 0 Å². The number of carbonyl (C=O) groups is 1. The van der Waals surface area contributed by atoms with Gasteiger partial charge in [0.2, 0.25) is 0 Å². The molecule has 0 saturated heterocycles. The highest BCUT2D eigenvalue weighted by Crippen LogP contribution is 2.18. The number of nitrogens with two attached hydrogens (primary N) is 2. The molecule has 0 bridgehead atoms. The van der Waals surface area contributed by atoms with Gasteiger partial charge < -0.3 is 16.8 Å². The lowest BCUT2D eigenvalue weighted by molar-refractivity contribution is -0.385. The third-order valence-corrected chi connectivity index (χ3v) is 2.41. The Morgan fingerprint density at radius 2 is 2.33 bits per heavy atom. The number of hydrogen-bond acceptors (Lipinski definition) is 6. The van der Waals surface area contributed by atoms with E-state index in [2.05, 4.69) is 10.3 Å². The summed E-state index contributed by atoms with van der Waals surface area (Å²) < 4.78 is 0. The van der Waals surface area contributed by atoms with Gasteiger partial charge in [0.15, 0.2) is 0 Å². The molecule has 1 amide bonds. The molecule has 0 aromatic carbocycles. The van der Waals surface area contributed by atoms with Crippen molar-refractivity contribution in [3.63, 3.8) is 0 Å². The smallest absolute Gasteiger partial charge is 0.288 e. The van der Waals surface area contributed by atoms with Crippen molar-refractivity contribution in [2.24, 2.45) is 11.5 Å². The van der Waals surface area contributed by atoms with Gasteiger partial charge in [-0.15, -0.1) is 0 Å². The predicted molar refractivity (Wildman–Crippen MR) is 66.2 cm³/mol. The van der Waals surface area contributed by atoms with Gasteiger partial charge in [-0.1, -0.05) is 6.92 Å². The molecule has 0 fully saturated rings. The van der Waals surface area contributed by atoms with Crippen molar-refractivity contribution in [1.29, 1.82) is 0 Å². The second-order valence-electron chi connectivity index (χ2n) is 3.76. The van der Waals surface area contributed by atoms with E-state index in [1.165, 1.54) is 0 Å². The number of aromatic nitrogens is 1. The molecule has 5 N–H and O–H groups in total. The first-order valence-corrected chi connectivity index (χ1v) is 5.39. The van der Waals surface area contributed by atoms with Crippen molar-refractivity contribution in [2.45, 2.75) is 19.4 Å². The number of nitro groups is 1. The van der Waals surface area contributed by atoms with Crippen LogP contribution in [-0.2, 0) is 0 Å². The first-order chi connectivity index (χ1) is 8.45. The van der Waals surface area contributed by atoms with Crippen molar-refractivity contribution in [2.75, 3.05) is 11.9 Å². The van der Waals surface area contributed by atoms with Crippen molar-refractivity contribution in [1.82, 2.24) is 4.98 Å². The highest BCUT2D eigenvalue weighted by Gasteiger charge is 2.16. The minimum Gasteiger partial charge on any atom is -0.368 e. The number of rotatable bonds is 6. The van der Waals surface area contributed by atoms with E-state index >= 15 is 0 Å². The Balaban J connectivity index is 2.97. The van der Waals surface area contributed by atoms with Crippen LogP contribution in [0.1, 0.15) is 23.7 Å². The Morgan fingerprint density at radius 3 is 2.83 bits per heavy atom. The summed E-state index contributed by atoms with van der Waals surface area (Å²) in [5, 5.41) is 13.4. The third kappa shape index (κ3) is 3.39. The lowest BCUT2D eigenvalue weighted by Crippen LogP contribution is -2.29. The minimum absolute atomic E-state index is 0.0208. The Morgan fingerprint density at radius 1 is 1.67 bits per heavy atom. The number of amides is 1. The van der Waals surface area contributed by atoms with Crippen LogP contribution >= 0.6 is 0 Å². The molecule has 8 heteroatoms. The van der Waals surface area contributed by atoms with Crippen LogP contribution in [-0.4, -0.2) is 28.4 Å². The fourth-order valence-corrected chi connectivity index (χ4v) is 1.25. The van der Waals surface area contributed by atoms with Gasteiger partial charge in [0.25, 0.3) is 11.6 Å². The van der Waals surface area contributed by atoms with Crippen molar-refractivity contribution in [3.05, 3.63) is 27.9 Å². The molecule has 1 aromatic rings. The first kappa shape index (κ1) is 13.8. The number of pyridine rings is 1. The van der Waals surface area contributed by atoms with Gasteiger partial charge in [0.1, 0.15) is 12.0 Å². The summed E-state index contributed by atoms with van der Waals surface area (Å²) in [6.07, 6.45) is 1.82. The molecule has 0 aliphatic carbocycles. The molecule has 1 atom stereocenters. The lowest BCUT2D eigenvalue weighted by Gasteiger charge is -2.12. The maximum atomic E-state index is 11.2. The quantitative estimate of drug-likeness (QED) is 0.490. The number of hydrogen-bond donors (Lipinski definition) is 3. The van der Waals surface area contributed by atoms with Crippen LogP contribution in [0.5, 0.6) is 0 Å². The molecule has 8 nitrogen and oxygen atoms in total. The molecule has 1 rings (SSSR count). The normalized spacial score (nSPS) is 11.9. The molecule has 1 unspecified atom stereocenters. The fraction of sp³-hybridized carbons (Fsp3) is 0.400. The van der Waals surface area contributed by atoms with Crippen LogP contribution in [0, 0.1) is 10.1 Å². The van der Waals surface area contributed by atoms with Crippen LogP contribution in [0.15, 0.2) is 12.3 Å². The molecular formula is C10H15N5O3. The second kappa shape index (κ2) is 5.92. The number of anilines is 1. The van der Waals surface area contributed by atoms with Gasteiger partial charge in [0.05, 0.1) is 10.5 Å². The van der Waals surface area contributed by atoms with E-state index in [4.69, 9.17) is 11.5 Å². The molecule has 98 valence electrons. The average Bonchev–Trinajstić information content (AvgIpc) is 2.35. The van der Waals surface area contributed by atoms with E-state index in [0.29, 0.717) is 6.54 Å². The van der Waals surface area contributed by atoms with Crippen LogP contribution in [0.2, 0.25) is 0 Å². The number of primary amides is 1. The Labute approximate surface area is 104 Å². The highest BCUT2D eigenvalue weighted by molar-refractivity contribution is 5.98. The Hall–Kier alpha value is -2.22. The predicted octanol–water partition coefficient (Wildman–Crippen LogP) is 0.238. The van der Waals surface area contributed by atoms with E-state index in [0.717, 1.165) is 18.7 Å². The summed E-state index contributed by atoms with van der Waals surface area (Å²) in [5.41, 5.74) is 10.6. The van der Waals surface area contributed by atoms with Gasteiger partial charge in [-0.25, -0.2) is 4.98 Å². The molecule has 18 heavy (non-hydrogen) atoms. The molecule has 0 saturated carbocycles. The summed E-state index contributed by atoms with van der Waals surface area (Å²) in [6.45, 7) is 2.33. The van der Waals surface area contributed by atoms with E-state index in [-0.39, 0.29) is 23.1 Å². The molecule has 1 heterocycles. The van der Waals surface area contributed by atoms with Crippen molar-refractivity contribution < 1.29 is 9.72 Å². The Kier molecular flexibility index (Phi) is 4.55. The monoisotopic (exact) mass is 253 g/mol. The minimum atomic E-state index is -0.779. The SMILES string of the molecule is CCC(N)CNc1ncc([N+](=O)[O-])cc1C(N)=O. The molecule has 0 aliphatic heterocycles. The van der Waals surface area contributed by atoms with Crippen LogP contribution in [0.4, 0.5) is 11.5 Å². The van der Waals surface area contributed by atoms with Crippen molar-refractivity contribution >= 4 is 17.4 Å². The van der Waals surface area contributed by atoms with Gasteiger partial charge >= 0.3 is 0 Å². The van der Waals surface area contributed by atoms with Gasteiger partial charge in [-0.3, -0.25) is 14.9 Å². The van der Waals surface area contributed by atoms with Crippen LogP contribution in [0.25, 0.3) is 0 Å². The van der Waals surface area contributed by atoms with Gasteiger partial charge in [-0.05, 0) is 6.42 Å². The van der Waals surface area contributed by atoms with Gasteiger partial charge in [-0.2, -0.15) is 0 Å². The highest BCUT2D eigenvalue weighted by atomic mass is 16.6. The van der Waals surface area contributed by atoms with E-state index in [1.807, 2.05) is 6.92 Å². The summed E-state index contributed by atoms with van der Waals surface area (Å²) in [5.74, 6) is -0.573. The third-order valence-electron chi connectivity index (χ3n) is 2.41. The van der Waals surface area contributed by atoms with E-state index in [1.54, 1.807) is 0 Å². The number of nitrogens with one attached hydrogen (secondary N) is 1. The fourth-order valence-electron chi connectivity index (χ4n) is 1.25. The number of carbonyl (C=O) groups excluding carboxylic acids is 1. The summed E-state index contributed by atoms with van der Waals surface area (Å²) in [4.78, 5) is 25.0. The van der Waals surface area contributed by atoms with Crippen molar-refractivity contribution in [3.8, 4) is 0 Å². The standard InChI is InChI=1S/C10H15N5O3/c1-2-6(11)4-13-10-8(9(12)16)3-7(5-14-10)15(17)18/h3,5-6H,2,4,11H2,1H3,(H2,12,16)(H,13,14). The number of nitrogens with zero attached hydrogens (tertiary/aromatic N) is 2.